The van der Waals surface area contributed by atoms with Crippen LogP contribution in [0.5, 0.6) is 5.75 Å². The minimum atomic E-state index is -4.76. The van der Waals surface area contributed by atoms with E-state index in [0.29, 0.717) is 24.2 Å². The van der Waals surface area contributed by atoms with E-state index in [2.05, 4.69) is 9.24 Å². The second kappa shape index (κ2) is 4.78. The van der Waals surface area contributed by atoms with E-state index in [1.165, 1.54) is 7.11 Å². The molecule has 1 atom stereocenters. The van der Waals surface area contributed by atoms with Crippen molar-refractivity contribution in [2.24, 2.45) is 0 Å². The Labute approximate surface area is 111 Å². The van der Waals surface area contributed by atoms with Crippen LogP contribution in [0.4, 0.5) is 13.2 Å². The topological polar surface area (TPSA) is 26.3 Å². The third kappa shape index (κ3) is 2.92. The highest BCUT2D eigenvalue weighted by atomic mass is 31.0. The number of hydrogen-bond acceptors (Lipinski definition) is 2. The Balaban J connectivity index is 2.31. The first-order valence-electron chi connectivity index (χ1n) is 5.82. The van der Waals surface area contributed by atoms with Crippen LogP contribution in [-0.2, 0) is 10.2 Å². The van der Waals surface area contributed by atoms with E-state index in [4.69, 9.17) is 4.74 Å². The van der Waals surface area contributed by atoms with Gasteiger partial charge in [-0.15, -0.1) is 9.24 Å². The first-order valence-corrected chi connectivity index (χ1v) is 6.40. The summed E-state index contributed by atoms with van der Waals surface area (Å²) in [5.74, 6) is -1.13. The van der Waals surface area contributed by atoms with Gasteiger partial charge in [-0.05, 0) is 30.3 Å². The Hall–Kier alpha value is -1.09. The van der Waals surface area contributed by atoms with Crippen LogP contribution >= 0.6 is 9.24 Å². The summed E-state index contributed by atoms with van der Waals surface area (Å²) >= 11 is 0. The summed E-state index contributed by atoms with van der Waals surface area (Å²) in [7, 11) is 3.97. The number of carbonyl (C=O) groups excluding carboxylic acids is 1. The molecule has 0 amide bonds. The van der Waals surface area contributed by atoms with Crippen LogP contribution in [-0.4, -0.2) is 19.1 Å². The third-order valence-corrected chi connectivity index (χ3v) is 3.82. The van der Waals surface area contributed by atoms with Crippen LogP contribution in [0.3, 0.4) is 0 Å². The minimum absolute atomic E-state index is 0.499. The zero-order valence-electron chi connectivity index (χ0n) is 10.4. The highest BCUT2D eigenvalue weighted by molar-refractivity contribution is 7.27. The molecule has 1 aliphatic rings. The van der Waals surface area contributed by atoms with Gasteiger partial charge >= 0.3 is 6.18 Å². The van der Waals surface area contributed by atoms with Gasteiger partial charge in [0, 0.05) is 17.4 Å². The molecule has 1 aliphatic carbocycles. The van der Waals surface area contributed by atoms with Gasteiger partial charge in [0.15, 0.2) is 0 Å². The average molecular weight is 290 g/mol. The van der Waals surface area contributed by atoms with Gasteiger partial charge in [0.2, 0.25) is 5.78 Å². The van der Waals surface area contributed by atoms with Gasteiger partial charge in [-0.2, -0.15) is 13.2 Å². The quantitative estimate of drug-likeness (QED) is 0.797. The molecule has 1 saturated carbocycles. The number of ether oxygens (including phenoxy) is 1. The smallest absolute Gasteiger partial charge is 0.450 e. The molecule has 0 N–H and O–H groups in total. The molecule has 0 spiro atoms. The number of halogens is 3. The fraction of sp³-hybridized carbons (Fsp3) is 0.462. The van der Waals surface area contributed by atoms with Gasteiger partial charge in [-0.3, -0.25) is 4.79 Å². The molecule has 0 heterocycles. The normalized spacial score (nSPS) is 17.1. The van der Waals surface area contributed by atoms with Crippen molar-refractivity contribution in [3.63, 3.8) is 0 Å². The van der Waals surface area contributed by atoms with Crippen molar-refractivity contribution in [1.29, 1.82) is 0 Å². The van der Waals surface area contributed by atoms with Crippen molar-refractivity contribution in [1.82, 2.24) is 0 Å². The monoisotopic (exact) mass is 290 g/mol. The summed E-state index contributed by atoms with van der Waals surface area (Å²) in [5, 5.41) is 0.863. The molecule has 1 aromatic rings. The van der Waals surface area contributed by atoms with Crippen molar-refractivity contribution in [3.8, 4) is 5.75 Å². The lowest BCUT2D eigenvalue weighted by molar-refractivity contribution is -0.171. The molecule has 104 valence electrons. The van der Waals surface area contributed by atoms with Crippen LogP contribution in [0.1, 0.15) is 24.8 Å². The molecular weight excluding hydrogens is 276 g/mol. The number of rotatable bonds is 4. The highest BCUT2D eigenvalue weighted by Crippen LogP contribution is 2.54. The van der Waals surface area contributed by atoms with Crippen molar-refractivity contribution < 1.29 is 22.7 Å². The number of alkyl halides is 3. The van der Waals surface area contributed by atoms with Gasteiger partial charge < -0.3 is 4.74 Å². The van der Waals surface area contributed by atoms with Crippen molar-refractivity contribution in [2.75, 3.05) is 7.11 Å². The third-order valence-electron chi connectivity index (χ3n) is 3.46. The maximum atomic E-state index is 12.4. The minimum Gasteiger partial charge on any atom is -0.496 e. The highest BCUT2D eigenvalue weighted by Gasteiger charge is 2.52. The molecular formula is C13H14F3O2P. The summed E-state index contributed by atoms with van der Waals surface area (Å²) in [6.45, 7) is 0. The summed E-state index contributed by atoms with van der Waals surface area (Å²) in [5.41, 5.74) is -0.00931. The number of hydrogen-bond donors (Lipinski definition) is 0. The predicted molar refractivity (Wildman–Crippen MR) is 68.9 cm³/mol. The van der Waals surface area contributed by atoms with Gasteiger partial charge in [-0.25, -0.2) is 0 Å². The molecule has 2 nitrogen and oxygen atoms in total. The summed E-state index contributed by atoms with van der Waals surface area (Å²) < 4.78 is 42.4. The van der Waals surface area contributed by atoms with E-state index in [9.17, 15) is 18.0 Å². The van der Waals surface area contributed by atoms with Crippen LogP contribution in [0.25, 0.3) is 0 Å². The molecule has 19 heavy (non-hydrogen) atoms. The Morgan fingerprint density at radius 1 is 1.42 bits per heavy atom. The van der Waals surface area contributed by atoms with E-state index in [1.807, 2.05) is 0 Å². The lowest BCUT2D eigenvalue weighted by Crippen LogP contribution is -2.27. The molecule has 0 radical (unpaired) electrons. The Kier molecular flexibility index (Phi) is 3.61. The van der Waals surface area contributed by atoms with Crippen LogP contribution in [0.2, 0.25) is 0 Å². The number of benzene rings is 1. The van der Waals surface area contributed by atoms with Gasteiger partial charge in [0.25, 0.3) is 0 Å². The second-order valence-corrected chi connectivity index (χ2v) is 5.50. The number of Topliss-reactive ketones (excluding diaryl/α,β-unsaturated/α-hetero) is 1. The predicted octanol–water partition coefficient (Wildman–Crippen LogP) is 2.75. The van der Waals surface area contributed by atoms with Crippen molar-refractivity contribution in [3.05, 3.63) is 23.8 Å². The van der Waals surface area contributed by atoms with Crippen LogP contribution in [0.15, 0.2) is 18.2 Å². The lowest BCUT2D eigenvalue weighted by atomic mass is 9.89. The summed E-state index contributed by atoms with van der Waals surface area (Å²) in [4.78, 5) is 11.2. The van der Waals surface area contributed by atoms with Crippen LogP contribution < -0.4 is 10.0 Å². The molecule has 1 unspecified atom stereocenters. The molecule has 2 rings (SSSR count). The fourth-order valence-corrected chi connectivity index (χ4v) is 2.50. The average Bonchev–Trinajstić information content (AvgIpc) is 3.08. The largest absolute Gasteiger partial charge is 0.496 e. The van der Waals surface area contributed by atoms with Crippen molar-refractivity contribution >= 4 is 20.3 Å². The molecule has 0 saturated heterocycles. The van der Waals surface area contributed by atoms with Gasteiger partial charge in [0.05, 0.1) is 7.11 Å². The lowest BCUT2D eigenvalue weighted by Gasteiger charge is -2.19. The molecule has 6 heteroatoms. The molecule has 0 aliphatic heterocycles. The van der Waals surface area contributed by atoms with Gasteiger partial charge in [0.1, 0.15) is 5.75 Å². The molecule has 1 aromatic carbocycles. The summed E-state index contributed by atoms with van der Waals surface area (Å²) in [6.07, 6.45) is -4.10. The maximum absolute atomic E-state index is 12.4. The van der Waals surface area contributed by atoms with E-state index in [1.54, 1.807) is 18.2 Å². The van der Waals surface area contributed by atoms with Crippen LogP contribution in [0, 0.1) is 0 Å². The Morgan fingerprint density at radius 3 is 2.53 bits per heavy atom. The SMILES string of the molecule is COc1ccc(P)cc1C1(CC(=O)C(F)(F)F)CC1. The number of ketones is 1. The standard InChI is InChI=1S/C13H14F3O2P/c1-18-10-3-2-8(19)6-9(10)12(4-5-12)7-11(17)13(14,15)16/h2-3,6H,4-5,7,19H2,1H3. The zero-order chi connectivity index (χ0) is 14.3. The Bertz CT molecular complexity index is 507. The Morgan fingerprint density at radius 2 is 2.05 bits per heavy atom. The number of methoxy groups -OCH3 is 1. The van der Waals surface area contributed by atoms with Crippen molar-refractivity contribution in [2.45, 2.75) is 30.9 Å². The van der Waals surface area contributed by atoms with E-state index in [0.717, 1.165) is 5.30 Å². The first kappa shape index (κ1) is 14.3. The van der Waals surface area contributed by atoms with E-state index >= 15 is 0 Å². The van der Waals surface area contributed by atoms with E-state index in [-0.39, 0.29) is 0 Å². The summed E-state index contributed by atoms with van der Waals surface area (Å²) in [6, 6.07) is 5.30. The van der Waals surface area contributed by atoms with Gasteiger partial charge in [-0.1, -0.05) is 6.07 Å². The first-order chi connectivity index (χ1) is 8.78. The molecule has 0 bridgehead atoms. The molecule has 0 aromatic heterocycles. The maximum Gasteiger partial charge on any atom is 0.450 e. The molecule has 1 fully saturated rings. The second-order valence-electron chi connectivity index (χ2n) is 4.84. The van der Waals surface area contributed by atoms with E-state index < -0.39 is 23.8 Å². The zero-order valence-corrected chi connectivity index (χ0v) is 11.5. The fourth-order valence-electron chi connectivity index (χ4n) is 2.24. The number of carbonyl (C=O) groups is 1.